The van der Waals surface area contributed by atoms with Crippen molar-refractivity contribution in [1.82, 2.24) is 4.90 Å². The van der Waals surface area contributed by atoms with Gasteiger partial charge < -0.3 is 9.64 Å². The topological polar surface area (TPSA) is 29.5 Å². The van der Waals surface area contributed by atoms with E-state index in [0.29, 0.717) is 6.54 Å². The molecule has 3 heteroatoms. The number of nitrogens with zero attached hydrogens (tertiary/aromatic N) is 1. The molecule has 1 heterocycles. The number of carbonyl (C=O) groups is 1. The van der Waals surface area contributed by atoms with Gasteiger partial charge in [0.25, 0.3) is 5.91 Å². The first-order valence-electron chi connectivity index (χ1n) is 7.23. The van der Waals surface area contributed by atoms with Crippen LogP contribution in [0.4, 0.5) is 0 Å². The second-order valence-corrected chi connectivity index (χ2v) is 5.30. The molecule has 1 aliphatic rings. The van der Waals surface area contributed by atoms with Crippen LogP contribution in [0.2, 0.25) is 0 Å². The lowest BCUT2D eigenvalue weighted by molar-refractivity contribution is -0.143. The molecule has 2 aromatic rings. The quantitative estimate of drug-likeness (QED) is 0.865. The molecule has 3 nitrogen and oxygen atoms in total. The average Bonchev–Trinajstić information content (AvgIpc) is 2.56. The van der Waals surface area contributed by atoms with E-state index >= 15 is 0 Å². The average molecular weight is 281 g/mol. The lowest BCUT2D eigenvalue weighted by Crippen LogP contribution is -2.39. The van der Waals surface area contributed by atoms with Crippen molar-refractivity contribution >= 4 is 5.91 Å². The predicted octanol–water partition coefficient (Wildman–Crippen LogP) is 2.96. The number of hydrogen-bond donors (Lipinski definition) is 0. The first kappa shape index (κ1) is 13.8. The smallest absolute Gasteiger partial charge is 0.256 e. The molecule has 21 heavy (non-hydrogen) atoms. The molecule has 1 atom stereocenters. The molecule has 0 fully saturated rings. The Labute approximate surface area is 125 Å². The van der Waals surface area contributed by atoms with Crippen molar-refractivity contribution in [2.75, 3.05) is 13.7 Å². The molecule has 0 aromatic heterocycles. The van der Waals surface area contributed by atoms with E-state index in [0.717, 1.165) is 18.5 Å². The van der Waals surface area contributed by atoms with Gasteiger partial charge in [-0.3, -0.25) is 4.79 Å². The maximum atomic E-state index is 12.7. The third kappa shape index (κ3) is 2.83. The van der Waals surface area contributed by atoms with Gasteiger partial charge in [0.1, 0.15) is 0 Å². The van der Waals surface area contributed by atoms with E-state index in [1.54, 1.807) is 7.11 Å². The molecule has 0 aliphatic carbocycles. The predicted molar refractivity (Wildman–Crippen MR) is 81.8 cm³/mol. The fourth-order valence-electron chi connectivity index (χ4n) is 2.86. The Morgan fingerprint density at radius 1 is 1.05 bits per heavy atom. The summed E-state index contributed by atoms with van der Waals surface area (Å²) in [5, 5.41) is 0. The number of hydrogen-bond acceptors (Lipinski definition) is 2. The molecule has 0 saturated heterocycles. The number of methoxy groups -OCH3 is 1. The number of carbonyl (C=O) groups excluding carboxylic acids is 1. The zero-order valence-electron chi connectivity index (χ0n) is 12.2. The van der Waals surface area contributed by atoms with Crippen LogP contribution in [0.5, 0.6) is 0 Å². The van der Waals surface area contributed by atoms with Gasteiger partial charge in [-0.1, -0.05) is 54.6 Å². The van der Waals surface area contributed by atoms with E-state index in [2.05, 4.69) is 18.2 Å². The summed E-state index contributed by atoms with van der Waals surface area (Å²) in [5.74, 6) is 0.0400. The molecule has 1 aliphatic heterocycles. The summed E-state index contributed by atoms with van der Waals surface area (Å²) in [6.07, 6.45) is 0.393. The summed E-state index contributed by atoms with van der Waals surface area (Å²) in [5.41, 5.74) is 3.49. The Balaban J connectivity index is 1.79. The van der Waals surface area contributed by atoms with E-state index in [4.69, 9.17) is 4.74 Å². The highest BCUT2D eigenvalue weighted by Crippen LogP contribution is 2.24. The van der Waals surface area contributed by atoms with Crippen LogP contribution >= 0.6 is 0 Å². The SMILES string of the molecule is CO[C@@H](C(=O)N1CCc2ccccc2C1)c1ccccc1. The second kappa shape index (κ2) is 6.10. The molecule has 0 spiro atoms. The van der Waals surface area contributed by atoms with E-state index in [1.807, 2.05) is 41.3 Å². The number of amides is 1. The van der Waals surface area contributed by atoms with Gasteiger partial charge in [-0.2, -0.15) is 0 Å². The molecule has 3 rings (SSSR count). The summed E-state index contributed by atoms with van der Waals surface area (Å²) >= 11 is 0. The lowest BCUT2D eigenvalue weighted by Gasteiger charge is -2.31. The highest BCUT2D eigenvalue weighted by Gasteiger charge is 2.28. The number of rotatable bonds is 3. The Kier molecular flexibility index (Phi) is 4.02. The van der Waals surface area contributed by atoms with E-state index in [1.165, 1.54) is 11.1 Å². The summed E-state index contributed by atoms with van der Waals surface area (Å²) in [6.45, 7) is 1.42. The summed E-state index contributed by atoms with van der Waals surface area (Å²) < 4.78 is 5.45. The van der Waals surface area contributed by atoms with Gasteiger partial charge in [0.05, 0.1) is 0 Å². The first-order valence-corrected chi connectivity index (χ1v) is 7.23. The fourth-order valence-corrected chi connectivity index (χ4v) is 2.86. The first-order chi connectivity index (χ1) is 10.3. The number of ether oxygens (including phenoxy) is 1. The van der Waals surface area contributed by atoms with Gasteiger partial charge >= 0.3 is 0 Å². The van der Waals surface area contributed by atoms with Gasteiger partial charge in [0.2, 0.25) is 0 Å². The van der Waals surface area contributed by atoms with Gasteiger partial charge in [0.15, 0.2) is 6.10 Å². The third-order valence-corrected chi connectivity index (χ3v) is 4.00. The van der Waals surface area contributed by atoms with Gasteiger partial charge in [-0.15, -0.1) is 0 Å². The Morgan fingerprint density at radius 2 is 1.71 bits per heavy atom. The summed E-state index contributed by atoms with van der Waals surface area (Å²) in [7, 11) is 1.59. The maximum Gasteiger partial charge on any atom is 0.256 e. The van der Waals surface area contributed by atoms with Gasteiger partial charge in [0, 0.05) is 20.2 Å². The monoisotopic (exact) mass is 281 g/mol. The zero-order chi connectivity index (χ0) is 14.7. The van der Waals surface area contributed by atoms with Crippen LogP contribution in [0.15, 0.2) is 54.6 Å². The minimum atomic E-state index is -0.517. The van der Waals surface area contributed by atoms with Crippen molar-refractivity contribution in [2.24, 2.45) is 0 Å². The standard InChI is InChI=1S/C18H19NO2/c1-21-17(15-8-3-2-4-9-15)18(20)19-12-11-14-7-5-6-10-16(14)13-19/h2-10,17H,11-13H2,1H3/t17-/m1/s1. The van der Waals surface area contributed by atoms with Crippen molar-refractivity contribution in [3.63, 3.8) is 0 Å². The molecule has 0 bridgehead atoms. The lowest BCUT2D eigenvalue weighted by atomic mass is 9.99. The zero-order valence-corrected chi connectivity index (χ0v) is 12.2. The minimum Gasteiger partial charge on any atom is -0.367 e. The second-order valence-electron chi connectivity index (χ2n) is 5.30. The fraction of sp³-hybridized carbons (Fsp3) is 0.278. The Morgan fingerprint density at radius 3 is 2.43 bits per heavy atom. The normalized spacial score (nSPS) is 15.4. The summed E-state index contributed by atoms with van der Waals surface area (Å²) in [6, 6.07) is 18.0. The van der Waals surface area contributed by atoms with Crippen LogP contribution in [0.3, 0.4) is 0 Å². The largest absolute Gasteiger partial charge is 0.367 e. The molecular weight excluding hydrogens is 262 g/mol. The van der Waals surface area contributed by atoms with Crippen LogP contribution < -0.4 is 0 Å². The van der Waals surface area contributed by atoms with Crippen LogP contribution in [0, 0.1) is 0 Å². The third-order valence-electron chi connectivity index (χ3n) is 4.00. The Hall–Kier alpha value is -2.13. The van der Waals surface area contributed by atoms with Gasteiger partial charge in [-0.25, -0.2) is 0 Å². The van der Waals surface area contributed by atoms with E-state index in [-0.39, 0.29) is 5.91 Å². The van der Waals surface area contributed by atoms with Crippen LogP contribution in [-0.4, -0.2) is 24.5 Å². The molecular formula is C18H19NO2. The van der Waals surface area contributed by atoms with Crippen LogP contribution in [0.1, 0.15) is 22.8 Å². The number of fused-ring (bicyclic) bond motifs is 1. The molecule has 0 radical (unpaired) electrons. The Bertz CT molecular complexity index is 624. The highest BCUT2D eigenvalue weighted by atomic mass is 16.5. The van der Waals surface area contributed by atoms with Crippen molar-refractivity contribution in [2.45, 2.75) is 19.1 Å². The van der Waals surface area contributed by atoms with Gasteiger partial charge in [-0.05, 0) is 23.1 Å². The van der Waals surface area contributed by atoms with Crippen molar-refractivity contribution < 1.29 is 9.53 Å². The molecule has 0 unspecified atom stereocenters. The van der Waals surface area contributed by atoms with Crippen LogP contribution in [0.25, 0.3) is 0 Å². The minimum absolute atomic E-state index is 0.0400. The number of benzene rings is 2. The van der Waals surface area contributed by atoms with Crippen molar-refractivity contribution in [3.05, 3.63) is 71.3 Å². The van der Waals surface area contributed by atoms with Crippen molar-refractivity contribution in [3.8, 4) is 0 Å². The van der Waals surface area contributed by atoms with Crippen LogP contribution in [-0.2, 0) is 22.5 Å². The molecule has 1 amide bonds. The molecule has 0 N–H and O–H groups in total. The highest BCUT2D eigenvalue weighted by molar-refractivity contribution is 5.82. The molecule has 108 valence electrons. The van der Waals surface area contributed by atoms with Crippen molar-refractivity contribution in [1.29, 1.82) is 0 Å². The molecule has 2 aromatic carbocycles. The van der Waals surface area contributed by atoms with E-state index in [9.17, 15) is 4.79 Å². The molecule has 0 saturated carbocycles. The van der Waals surface area contributed by atoms with E-state index < -0.39 is 6.10 Å². The maximum absolute atomic E-state index is 12.7. The summed E-state index contributed by atoms with van der Waals surface area (Å²) in [4.78, 5) is 14.6.